The van der Waals surface area contributed by atoms with Crippen molar-refractivity contribution in [3.8, 4) is 0 Å². The van der Waals surface area contributed by atoms with Crippen LogP contribution in [0.2, 0.25) is 0 Å². The first-order valence-electron chi connectivity index (χ1n) is 7.20. The van der Waals surface area contributed by atoms with Crippen LogP contribution in [0.3, 0.4) is 0 Å². The molecule has 130 valence electrons. The van der Waals surface area contributed by atoms with Crippen LogP contribution in [-0.4, -0.2) is 25.2 Å². The van der Waals surface area contributed by atoms with Gasteiger partial charge in [0.05, 0.1) is 5.52 Å². The van der Waals surface area contributed by atoms with Gasteiger partial charge in [-0.3, -0.25) is 4.79 Å². The molecule has 0 aliphatic carbocycles. The summed E-state index contributed by atoms with van der Waals surface area (Å²) in [6.07, 6.45) is -1.03. The van der Waals surface area contributed by atoms with Crippen molar-refractivity contribution in [3.05, 3.63) is 59.7 Å². The van der Waals surface area contributed by atoms with E-state index >= 15 is 0 Å². The molecule has 0 bridgehead atoms. The molecule has 3 aromatic rings. The van der Waals surface area contributed by atoms with Crippen LogP contribution in [-0.2, 0) is 0 Å². The highest BCUT2D eigenvalue weighted by molar-refractivity contribution is 6.48. The number of rotatable bonds is 4. The fourth-order valence-corrected chi connectivity index (χ4v) is 2.67. The Kier molecular flexibility index (Phi) is 4.62. The lowest BCUT2D eigenvalue weighted by atomic mass is 10.2. The van der Waals surface area contributed by atoms with Crippen LogP contribution in [0.25, 0.3) is 11.0 Å². The molecule has 1 heterocycles. The molecule has 9 heteroatoms. The summed E-state index contributed by atoms with van der Waals surface area (Å²) in [5, 5.41) is 10.5. The number of fused-ring (bicyclic) bond motifs is 1. The molecule has 25 heavy (non-hydrogen) atoms. The Morgan fingerprint density at radius 1 is 1.20 bits per heavy atom. The molecular formula is C16H12Cl2F2N4O. The van der Waals surface area contributed by atoms with Crippen molar-refractivity contribution >= 4 is 40.1 Å². The molecule has 0 aliphatic rings. The summed E-state index contributed by atoms with van der Waals surface area (Å²) in [6.45, 7) is 1.46. The lowest BCUT2D eigenvalue weighted by Gasteiger charge is -2.27. The molecule has 0 saturated heterocycles. The molecule has 1 unspecified atom stereocenters. The summed E-state index contributed by atoms with van der Waals surface area (Å²) in [6, 6.07) is 9.51. The van der Waals surface area contributed by atoms with E-state index in [4.69, 9.17) is 23.2 Å². The fourth-order valence-electron chi connectivity index (χ4n) is 2.37. The summed E-state index contributed by atoms with van der Waals surface area (Å²) in [5.74, 6) is -2.49. The average molecular weight is 385 g/mol. The largest absolute Gasteiger partial charge is 0.328 e. The van der Waals surface area contributed by atoms with Crippen LogP contribution in [0.5, 0.6) is 0 Å². The fraction of sp³-hybridized carbons (Fsp3) is 0.188. The third-order valence-corrected chi connectivity index (χ3v) is 3.91. The highest BCUT2D eigenvalue weighted by Gasteiger charge is 2.35. The zero-order chi connectivity index (χ0) is 18.2. The molecule has 0 fully saturated rings. The molecule has 1 atom stereocenters. The second-order valence-corrected chi connectivity index (χ2v) is 7.28. The smallest absolute Gasteiger partial charge is 0.253 e. The van der Waals surface area contributed by atoms with Crippen molar-refractivity contribution in [3.63, 3.8) is 0 Å². The second kappa shape index (κ2) is 6.57. The van der Waals surface area contributed by atoms with E-state index < -0.39 is 28.0 Å². The molecule has 0 spiro atoms. The van der Waals surface area contributed by atoms with Gasteiger partial charge in [-0.1, -0.05) is 40.5 Å². The quantitative estimate of drug-likeness (QED) is 0.695. The van der Waals surface area contributed by atoms with Crippen molar-refractivity contribution in [1.29, 1.82) is 0 Å². The lowest BCUT2D eigenvalue weighted by molar-refractivity contribution is 0.0910. The topological polar surface area (TPSA) is 59.8 Å². The Labute approximate surface area is 151 Å². The molecule has 1 aromatic heterocycles. The van der Waals surface area contributed by atoms with E-state index in [1.807, 2.05) is 0 Å². The summed E-state index contributed by atoms with van der Waals surface area (Å²) in [5.41, 5.74) is 0.964. The predicted octanol–water partition coefficient (Wildman–Crippen LogP) is 3.83. The SMILES string of the molecule is CC(Cl)(Cl)C(NC(=O)c1cc(F)cc(F)c1)n1nnc2ccccc21. The second-order valence-electron chi connectivity index (χ2n) is 5.51. The monoisotopic (exact) mass is 384 g/mol. The first kappa shape index (κ1) is 17.6. The Bertz CT molecular complexity index is 919. The number of benzene rings is 2. The van der Waals surface area contributed by atoms with E-state index in [-0.39, 0.29) is 5.56 Å². The number of nitrogens with zero attached hydrogens (tertiary/aromatic N) is 3. The van der Waals surface area contributed by atoms with Gasteiger partial charge in [0.15, 0.2) is 10.5 Å². The van der Waals surface area contributed by atoms with Gasteiger partial charge in [-0.25, -0.2) is 13.5 Å². The summed E-state index contributed by atoms with van der Waals surface area (Å²) >= 11 is 12.4. The third-order valence-electron chi connectivity index (χ3n) is 3.49. The summed E-state index contributed by atoms with van der Waals surface area (Å²) in [4.78, 5) is 12.4. The number of hydrogen-bond acceptors (Lipinski definition) is 3. The molecule has 1 N–H and O–H groups in total. The maximum absolute atomic E-state index is 13.3. The van der Waals surface area contributed by atoms with Gasteiger partial charge in [-0.15, -0.1) is 5.10 Å². The van der Waals surface area contributed by atoms with Crippen LogP contribution in [0.4, 0.5) is 8.78 Å². The van der Waals surface area contributed by atoms with E-state index in [1.54, 1.807) is 24.3 Å². The van der Waals surface area contributed by atoms with E-state index in [0.717, 1.165) is 12.1 Å². The summed E-state index contributed by atoms with van der Waals surface area (Å²) in [7, 11) is 0. The van der Waals surface area contributed by atoms with Crippen LogP contribution >= 0.6 is 23.2 Å². The standard InChI is InChI=1S/C16H12Cl2F2N4O/c1-16(17,18)15(24-13-5-3-2-4-12(13)22-23-24)21-14(25)9-6-10(19)8-11(20)7-9/h2-8,15H,1H3,(H,21,25). The van der Waals surface area contributed by atoms with E-state index in [1.165, 1.54) is 11.6 Å². The molecular weight excluding hydrogens is 373 g/mol. The Morgan fingerprint density at radius 3 is 2.48 bits per heavy atom. The van der Waals surface area contributed by atoms with Crippen molar-refractivity contribution < 1.29 is 13.6 Å². The van der Waals surface area contributed by atoms with Crippen LogP contribution in [0, 0.1) is 11.6 Å². The molecule has 0 radical (unpaired) electrons. The zero-order valence-electron chi connectivity index (χ0n) is 12.9. The maximum atomic E-state index is 13.3. The Morgan fingerprint density at radius 2 is 1.84 bits per heavy atom. The number of nitrogens with one attached hydrogen (secondary N) is 1. The van der Waals surface area contributed by atoms with Gasteiger partial charge >= 0.3 is 0 Å². The number of amides is 1. The minimum Gasteiger partial charge on any atom is -0.328 e. The van der Waals surface area contributed by atoms with E-state index in [0.29, 0.717) is 17.1 Å². The van der Waals surface area contributed by atoms with Crippen LogP contribution < -0.4 is 5.32 Å². The maximum Gasteiger partial charge on any atom is 0.253 e. The van der Waals surface area contributed by atoms with Gasteiger partial charge in [0.25, 0.3) is 5.91 Å². The van der Waals surface area contributed by atoms with Crippen LogP contribution in [0.15, 0.2) is 42.5 Å². The van der Waals surface area contributed by atoms with Crippen molar-refractivity contribution in [2.75, 3.05) is 0 Å². The number of carbonyl (C=O) groups excluding carboxylic acids is 1. The number of para-hydroxylation sites is 1. The van der Waals surface area contributed by atoms with Gasteiger partial charge < -0.3 is 5.32 Å². The minimum atomic E-state index is -1.47. The minimum absolute atomic E-state index is 0.204. The van der Waals surface area contributed by atoms with Crippen molar-refractivity contribution in [2.24, 2.45) is 0 Å². The molecule has 0 aliphatic heterocycles. The summed E-state index contributed by atoms with van der Waals surface area (Å²) < 4.78 is 26.6. The average Bonchev–Trinajstić information content (AvgIpc) is 2.94. The molecule has 0 saturated carbocycles. The van der Waals surface area contributed by atoms with Gasteiger partial charge in [0.2, 0.25) is 0 Å². The Balaban J connectivity index is 1.98. The van der Waals surface area contributed by atoms with E-state index in [2.05, 4.69) is 15.6 Å². The molecule has 5 nitrogen and oxygen atoms in total. The van der Waals surface area contributed by atoms with Gasteiger partial charge in [0.1, 0.15) is 17.2 Å². The van der Waals surface area contributed by atoms with Gasteiger partial charge in [-0.2, -0.15) is 0 Å². The molecule has 1 amide bonds. The number of aromatic nitrogens is 3. The van der Waals surface area contributed by atoms with E-state index in [9.17, 15) is 13.6 Å². The van der Waals surface area contributed by atoms with Gasteiger partial charge in [-0.05, 0) is 31.2 Å². The highest BCUT2D eigenvalue weighted by atomic mass is 35.5. The number of carbonyl (C=O) groups is 1. The highest BCUT2D eigenvalue weighted by Crippen LogP contribution is 2.33. The number of halogens is 4. The van der Waals surface area contributed by atoms with Gasteiger partial charge in [0, 0.05) is 11.6 Å². The van der Waals surface area contributed by atoms with Crippen LogP contribution in [0.1, 0.15) is 23.4 Å². The third kappa shape index (κ3) is 3.72. The lowest BCUT2D eigenvalue weighted by Crippen LogP contribution is -2.42. The first-order chi connectivity index (χ1) is 11.8. The normalized spacial score (nSPS) is 13.0. The number of hydrogen-bond donors (Lipinski definition) is 1. The Hall–Kier alpha value is -2.25. The van der Waals surface area contributed by atoms with Crippen molar-refractivity contribution in [1.82, 2.24) is 20.3 Å². The molecule has 3 rings (SSSR count). The molecule has 2 aromatic carbocycles. The zero-order valence-corrected chi connectivity index (χ0v) is 14.4. The first-order valence-corrected chi connectivity index (χ1v) is 7.96. The van der Waals surface area contributed by atoms with Crippen molar-refractivity contribution in [2.45, 2.75) is 17.4 Å². The number of alkyl halides is 2. The predicted molar refractivity (Wildman–Crippen MR) is 90.5 cm³/mol.